The van der Waals surface area contributed by atoms with Gasteiger partial charge in [0.15, 0.2) is 5.76 Å². The zero-order chi connectivity index (χ0) is 13.2. The first kappa shape index (κ1) is 13.1. The molecule has 1 aromatic heterocycles. The first-order chi connectivity index (χ1) is 8.58. The van der Waals surface area contributed by atoms with Gasteiger partial charge >= 0.3 is 0 Å². The molecule has 0 unspecified atom stereocenters. The Morgan fingerprint density at radius 1 is 1.44 bits per heavy atom. The van der Waals surface area contributed by atoms with Crippen LogP contribution in [0.2, 0.25) is 0 Å². The molecular formula is C14H22N2O2. The molecule has 1 aliphatic rings. The van der Waals surface area contributed by atoms with E-state index in [1.165, 1.54) is 0 Å². The summed E-state index contributed by atoms with van der Waals surface area (Å²) in [6.45, 7) is 5.81. The van der Waals surface area contributed by atoms with Crippen LogP contribution in [0.4, 0.5) is 0 Å². The van der Waals surface area contributed by atoms with E-state index in [1.807, 2.05) is 24.9 Å². The number of piperidine rings is 1. The Bertz CT molecular complexity index is 417. The van der Waals surface area contributed by atoms with E-state index < -0.39 is 0 Å². The first-order valence-corrected chi connectivity index (χ1v) is 6.65. The van der Waals surface area contributed by atoms with Crippen LogP contribution in [0, 0.1) is 0 Å². The Balaban J connectivity index is 1.99. The lowest BCUT2D eigenvalue weighted by atomic mass is 9.90. The SMILES string of the molecule is CCc1ccc(C(=O)N2CCC(C)(NC)CC2)o1. The van der Waals surface area contributed by atoms with Crippen molar-refractivity contribution in [1.29, 1.82) is 0 Å². The molecule has 4 heteroatoms. The monoisotopic (exact) mass is 250 g/mol. The van der Waals surface area contributed by atoms with Crippen LogP contribution in [-0.4, -0.2) is 36.5 Å². The number of carbonyl (C=O) groups excluding carboxylic acids is 1. The van der Waals surface area contributed by atoms with Crippen LogP contribution in [0.15, 0.2) is 16.5 Å². The molecule has 0 radical (unpaired) electrons. The third-order valence-electron chi connectivity index (χ3n) is 3.98. The van der Waals surface area contributed by atoms with E-state index >= 15 is 0 Å². The lowest BCUT2D eigenvalue weighted by Crippen LogP contribution is -2.51. The van der Waals surface area contributed by atoms with Gasteiger partial charge in [0.2, 0.25) is 0 Å². The van der Waals surface area contributed by atoms with Gasteiger partial charge in [-0.2, -0.15) is 0 Å². The quantitative estimate of drug-likeness (QED) is 0.893. The molecule has 0 aliphatic carbocycles. The molecule has 2 heterocycles. The molecule has 1 N–H and O–H groups in total. The number of rotatable bonds is 3. The molecule has 1 aromatic rings. The van der Waals surface area contributed by atoms with Gasteiger partial charge in [-0.3, -0.25) is 4.79 Å². The third kappa shape index (κ3) is 2.58. The summed E-state index contributed by atoms with van der Waals surface area (Å²) in [5.41, 5.74) is 0.161. The van der Waals surface area contributed by atoms with Gasteiger partial charge in [0, 0.05) is 25.0 Å². The average Bonchev–Trinajstić information content (AvgIpc) is 2.87. The highest BCUT2D eigenvalue weighted by Crippen LogP contribution is 2.22. The minimum atomic E-state index is 0.0212. The van der Waals surface area contributed by atoms with E-state index in [-0.39, 0.29) is 11.4 Å². The highest BCUT2D eigenvalue weighted by atomic mass is 16.4. The summed E-state index contributed by atoms with van der Waals surface area (Å²) < 4.78 is 5.52. The number of amides is 1. The predicted molar refractivity (Wildman–Crippen MR) is 70.7 cm³/mol. The Labute approximate surface area is 108 Å². The number of nitrogens with zero attached hydrogens (tertiary/aromatic N) is 1. The lowest BCUT2D eigenvalue weighted by molar-refractivity contribution is 0.0628. The van der Waals surface area contributed by atoms with Crippen LogP contribution in [0.5, 0.6) is 0 Å². The van der Waals surface area contributed by atoms with Crippen molar-refractivity contribution in [2.75, 3.05) is 20.1 Å². The first-order valence-electron chi connectivity index (χ1n) is 6.65. The fourth-order valence-corrected chi connectivity index (χ4v) is 2.29. The van der Waals surface area contributed by atoms with Gasteiger partial charge in [-0.25, -0.2) is 0 Å². The number of furan rings is 1. The predicted octanol–water partition coefficient (Wildman–Crippen LogP) is 2.06. The van der Waals surface area contributed by atoms with Crippen LogP contribution in [-0.2, 0) is 6.42 Å². The van der Waals surface area contributed by atoms with E-state index in [0.29, 0.717) is 5.76 Å². The molecule has 0 spiro atoms. The number of likely N-dealkylation sites (tertiary alicyclic amines) is 1. The summed E-state index contributed by atoms with van der Waals surface area (Å²) in [6.07, 6.45) is 2.79. The zero-order valence-electron chi connectivity index (χ0n) is 11.5. The molecule has 18 heavy (non-hydrogen) atoms. The van der Waals surface area contributed by atoms with E-state index in [4.69, 9.17) is 4.42 Å². The maximum absolute atomic E-state index is 12.2. The molecule has 1 saturated heterocycles. The van der Waals surface area contributed by atoms with Gasteiger partial charge in [-0.15, -0.1) is 0 Å². The zero-order valence-corrected chi connectivity index (χ0v) is 11.5. The Kier molecular flexibility index (Phi) is 3.76. The van der Waals surface area contributed by atoms with E-state index in [1.54, 1.807) is 6.07 Å². The molecule has 0 saturated carbocycles. The topological polar surface area (TPSA) is 45.5 Å². The van der Waals surface area contributed by atoms with Crippen molar-refractivity contribution in [1.82, 2.24) is 10.2 Å². The number of carbonyl (C=O) groups is 1. The lowest BCUT2D eigenvalue weighted by Gasteiger charge is -2.38. The van der Waals surface area contributed by atoms with Gasteiger partial charge in [0.05, 0.1) is 0 Å². The maximum Gasteiger partial charge on any atom is 0.289 e. The summed E-state index contributed by atoms with van der Waals surface area (Å²) in [5, 5.41) is 3.33. The van der Waals surface area contributed by atoms with Crippen molar-refractivity contribution in [2.24, 2.45) is 0 Å². The number of hydrogen-bond donors (Lipinski definition) is 1. The second kappa shape index (κ2) is 5.14. The molecule has 0 aromatic carbocycles. The molecule has 100 valence electrons. The van der Waals surface area contributed by atoms with Crippen molar-refractivity contribution in [3.63, 3.8) is 0 Å². The molecule has 0 bridgehead atoms. The largest absolute Gasteiger partial charge is 0.456 e. The smallest absolute Gasteiger partial charge is 0.289 e. The summed E-state index contributed by atoms with van der Waals surface area (Å²) >= 11 is 0. The van der Waals surface area contributed by atoms with Crippen LogP contribution >= 0.6 is 0 Å². The van der Waals surface area contributed by atoms with E-state index in [0.717, 1.165) is 38.1 Å². The van der Waals surface area contributed by atoms with Crippen molar-refractivity contribution in [3.8, 4) is 0 Å². The van der Waals surface area contributed by atoms with Crippen molar-refractivity contribution < 1.29 is 9.21 Å². The van der Waals surface area contributed by atoms with Crippen molar-refractivity contribution in [2.45, 2.75) is 38.6 Å². The molecule has 1 amide bonds. The molecule has 1 fully saturated rings. The molecule has 1 aliphatic heterocycles. The standard InChI is InChI=1S/C14H22N2O2/c1-4-11-5-6-12(18-11)13(17)16-9-7-14(2,15-3)8-10-16/h5-6,15H,4,7-10H2,1-3H3. The molecule has 0 atom stereocenters. The molecule has 2 rings (SSSR count). The minimum Gasteiger partial charge on any atom is -0.456 e. The summed E-state index contributed by atoms with van der Waals surface area (Å²) in [6, 6.07) is 3.67. The highest BCUT2D eigenvalue weighted by Gasteiger charge is 2.31. The van der Waals surface area contributed by atoms with Crippen LogP contribution in [0.1, 0.15) is 43.0 Å². The van der Waals surface area contributed by atoms with Gasteiger partial charge < -0.3 is 14.6 Å². The Morgan fingerprint density at radius 2 is 2.11 bits per heavy atom. The second-order valence-electron chi connectivity index (χ2n) is 5.22. The molecule has 4 nitrogen and oxygen atoms in total. The van der Waals surface area contributed by atoms with Gasteiger partial charge in [0.25, 0.3) is 5.91 Å². The summed E-state index contributed by atoms with van der Waals surface area (Å²) in [4.78, 5) is 14.1. The maximum atomic E-state index is 12.2. The van der Waals surface area contributed by atoms with Crippen LogP contribution < -0.4 is 5.32 Å². The molecular weight excluding hydrogens is 228 g/mol. The minimum absolute atomic E-state index is 0.0212. The Hall–Kier alpha value is -1.29. The fourth-order valence-electron chi connectivity index (χ4n) is 2.29. The van der Waals surface area contributed by atoms with Gasteiger partial charge in [0.1, 0.15) is 5.76 Å². The van der Waals surface area contributed by atoms with E-state index in [9.17, 15) is 4.79 Å². The normalized spacial score (nSPS) is 18.9. The van der Waals surface area contributed by atoms with Crippen molar-refractivity contribution in [3.05, 3.63) is 23.7 Å². The van der Waals surface area contributed by atoms with E-state index in [2.05, 4.69) is 12.2 Å². The number of nitrogens with one attached hydrogen (secondary N) is 1. The number of aryl methyl sites for hydroxylation is 1. The highest BCUT2D eigenvalue weighted by molar-refractivity contribution is 5.91. The van der Waals surface area contributed by atoms with Crippen molar-refractivity contribution >= 4 is 5.91 Å². The van der Waals surface area contributed by atoms with Gasteiger partial charge in [-0.1, -0.05) is 6.92 Å². The van der Waals surface area contributed by atoms with Gasteiger partial charge in [-0.05, 0) is 38.9 Å². The Morgan fingerprint density at radius 3 is 2.61 bits per heavy atom. The average molecular weight is 250 g/mol. The second-order valence-corrected chi connectivity index (χ2v) is 5.22. The summed E-state index contributed by atoms with van der Waals surface area (Å²) in [5.74, 6) is 1.36. The number of hydrogen-bond acceptors (Lipinski definition) is 3. The fraction of sp³-hybridized carbons (Fsp3) is 0.643. The third-order valence-corrected chi connectivity index (χ3v) is 3.98. The van der Waals surface area contributed by atoms with Crippen LogP contribution in [0.25, 0.3) is 0 Å². The summed E-state index contributed by atoms with van der Waals surface area (Å²) in [7, 11) is 1.98. The van der Waals surface area contributed by atoms with Crippen LogP contribution in [0.3, 0.4) is 0 Å².